The van der Waals surface area contributed by atoms with Crippen molar-refractivity contribution in [2.75, 3.05) is 58.2 Å². The Morgan fingerprint density at radius 1 is 1.18 bits per heavy atom. The number of aliphatic hydroxyl groups excluding tert-OH is 1. The lowest BCUT2D eigenvalue weighted by Gasteiger charge is -2.36. The molecule has 1 fully saturated rings. The lowest BCUT2D eigenvalue weighted by Crippen LogP contribution is -2.54. The molecular weight excluding hydrogens is 380 g/mol. The van der Waals surface area contributed by atoms with Gasteiger partial charge in [0.15, 0.2) is 5.96 Å². The molecule has 0 saturated carbocycles. The third-order valence-electron chi connectivity index (χ3n) is 5.46. The predicted molar refractivity (Wildman–Crippen MR) is 114 cm³/mol. The van der Waals surface area contributed by atoms with Crippen LogP contribution in [0.15, 0.2) is 4.99 Å². The van der Waals surface area contributed by atoms with Gasteiger partial charge in [0, 0.05) is 38.1 Å². The van der Waals surface area contributed by atoms with Crippen molar-refractivity contribution in [2.24, 2.45) is 10.4 Å². The number of ether oxygens (including phenoxy) is 1. The Kier molecular flexibility index (Phi) is 10.7. The zero-order chi connectivity index (χ0) is 21.2. The smallest absolute Gasteiger partial charge is 0.216 e. The first-order valence-corrected chi connectivity index (χ1v) is 12.1. The predicted octanol–water partition coefficient (Wildman–Crippen LogP) is 1.12. The molecule has 0 aromatic carbocycles. The Labute approximate surface area is 171 Å². The fourth-order valence-corrected chi connectivity index (χ4v) is 4.40. The van der Waals surface area contributed by atoms with Gasteiger partial charge in [-0.2, -0.15) is 4.31 Å². The topological polar surface area (TPSA) is 94.5 Å². The van der Waals surface area contributed by atoms with Gasteiger partial charge in [0.25, 0.3) is 0 Å². The minimum Gasteiger partial charge on any atom is -0.396 e. The fourth-order valence-electron chi connectivity index (χ4n) is 3.11. The van der Waals surface area contributed by atoms with Crippen LogP contribution in [0.5, 0.6) is 0 Å². The van der Waals surface area contributed by atoms with Gasteiger partial charge in [0.1, 0.15) is 0 Å². The first-order valence-electron chi connectivity index (χ1n) is 10.5. The molecule has 1 aliphatic rings. The van der Waals surface area contributed by atoms with E-state index in [9.17, 15) is 13.5 Å². The molecule has 0 atom stereocenters. The van der Waals surface area contributed by atoms with Gasteiger partial charge in [-0.15, -0.1) is 0 Å². The van der Waals surface area contributed by atoms with Crippen LogP contribution < -0.4 is 5.32 Å². The van der Waals surface area contributed by atoms with Crippen molar-refractivity contribution in [2.45, 2.75) is 53.6 Å². The van der Waals surface area contributed by atoms with Crippen LogP contribution >= 0.6 is 0 Å². The molecular formula is C19H40N4O4S. The van der Waals surface area contributed by atoms with Crippen LogP contribution in [-0.4, -0.2) is 93.0 Å². The quantitative estimate of drug-likeness (QED) is 0.384. The highest BCUT2D eigenvalue weighted by Crippen LogP contribution is 2.26. The van der Waals surface area contributed by atoms with Crippen molar-refractivity contribution in [1.82, 2.24) is 14.5 Å². The zero-order valence-electron chi connectivity index (χ0n) is 18.3. The molecule has 0 bridgehead atoms. The van der Waals surface area contributed by atoms with Crippen LogP contribution in [0, 0.1) is 5.41 Å². The summed E-state index contributed by atoms with van der Waals surface area (Å²) in [7, 11) is -3.30. The number of hydrogen-bond acceptors (Lipinski definition) is 5. The maximum absolute atomic E-state index is 12.5. The third kappa shape index (κ3) is 7.50. The maximum atomic E-state index is 12.5. The van der Waals surface area contributed by atoms with Gasteiger partial charge in [-0.05, 0) is 33.6 Å². The van der Waals surface area contributed by atoms with Crippen molar-refractivity contribution >= 4 is 16.0 Å². The monoisotopic (exact) mass is 420 g/mol. The molecule has 0 radical (unpaired) electrons. The molecule has 28 heavy (non-hydrogen) atoms. The minimum atomic E-state index is -3.30. The van der Waals surface area contributed by atoms with Crippen molar-refractivity contribution in [3.05, 3.63) is 0 Å². The van der Waals surface area contributed by atoms with E-state index in [1.807, 2.05) is 20.8 Å². The average Bonchev–Trinajstić information content (AvgIpc) is 2.68. The number of sulfonamides is 1. The number of aliphatic hydroxyl groups is 1. The van der Waals surface area contributed by atoms with Crippen molar-refractivity contribution in [3.8, 4) is 0 Å². The summed E-state index contributed by atoms with van der Waals surface area (Å²) in [5, 5.41) is 13.1. The van der Waals surface area contributed by atoms with Crippen molar-refractivity contribution in [3.63, 3.8) is 0 Å². The van der Waals surface area contributed by atoms with E-state index in [4.69, 9.17) is 9.73 Å². The molecule has 166 valence electrons. The van der Waals surface area contributed by atoms with Crippen LogP contribution in [0.4, 0.5) is 0 Å². The Bertz CT molecular complexity index is 560. The summed E-state index contributed by atoms with van der Waals surface area (Å²) in [5.74, 6) is 0.813. The number of nitrogens with zero attached hydrogens (tertiary/aromatic N) is 3. The Balaban J connectivity index is 2.70. The average molecular weight is 421 g/mol. The lowest BCUT2D eigenvalue weighted by atomic mass is 9.83. The first kappa shape index (κ1) is 25.1. The molecule has 0 unspecified atom stereocenters. The molecule has 1 aliphatic heterocycles. The number of piperazine rings is 1. The summed E-state index contributed by atoms with van der Waals surface area (Å²) >= 11 is 0. The second kappa shape index (κ2) is 11.9. The summed E-state index contributed by atoms with van der Waals surface area (Å²) in [6, 6.07) is 0. The summed E-state index contributed by atoms with van der Waals surface area (Å²) in [6.45, 7) is 13.7. The van der Waals surface area contributed by atoms with Crippen LogP contribution in [0.2, 0.25) is 0 Å². The zero-order valence-corrected chi connectivity index (χ0v) is 19.1. The highest BCUT2D eigenvalue weighted by molar-refractivity contribution is 7.89. The van der Waals surface area contributed by atoms with Crippen LogP contribution in [-0.2, 0) is 14.8 Å². The van der Waals surface area contributed by atoms with E-state index in [1.54, 1.807) is 4.31 Å². The molecule has 0 aromatic heterocycles. The van der Waals surface area contributed by atoms with Gasteiger partial charge >= 0.3 is 0 Å². The molecule has 2 N–H and O–H groups in total. The Morgan fingerprint density at radius 2 is 1.79 bits per heavy atom. The van der Waals surface area contributed by atoms with Gasteiger partial charge in [-0.1, -0.05) is 13.8 Å². The van der Waals surface area contributed by atoms with E-state index in [0.717, 1.165) is 25.3 Å². The van der Waals surface area contributed by atoms with Crippen LogP contribution in [0.3, 0.4) is 0 Å². The lowest BCUT2D eigenvalue weighted by molar-refractivity contribution is 0.0904. The summed E-state index contributed by atoms with van der Waals surface area (Å²) in [5.41, 5.74) is -0.192. The summed E-state index contributed by atoms with van der Waals surface area (Å²) < 4.78 is 31.9. The minimum absolute atomic E-state index is 0.0192. The normalized spacial score (nSPS) is 17.4. The molecule has 0 amide bonds. The molecule has 1 rings (SSSR count). The largest absolute Gasteiger partial charge is 0.396 e. The SMILES string of the molecule is CCNC(=NCC(CC)(CC)CO)N1CCN(S(=O)(=O)CCOC(C)C)CC1. The molecule has 0 spiro atoms. The van der Waals surface area contributed by atoms with Crippen molar-refractivity contribution in [1.29, 1.82) is 0 Å². The Hall–Kier alpha value is -0.900. The van der Waals surface area contributed by atoms with Gasteiger partial charge < -0.3 is 20.1 Å². The fraction of sp³-hybridized carbons (Fsp3) is 0.947. The second-order valence-corrected chi connectivity index (χ2v) is 9.75. The molecule has 0 aromatic rings. The van der Waals surface area contributed by atoms with E-state index in [0.29, 0.717) is 32.7 Å². The molecule has 8 nitrogen and oxygen atoms in total. The van der Waals surface area contributed by atoms with Gasteiger partial charge in [-0.25, -0.2) is 8.42 Å². The molecule has 0 aliphatic carbocycles. The second-order valence-electron chi connectivity index (χ2n) is 7.66. The van der Waals surface area contributed by atoms with Crippen molar-refractivity contribution < 1.29 is 18.3 Å². The van der Waals surface area contributed by atoms with E-state index >= 15 is 0 Å². The number of hydrogen-bond donors (Lipinski definition) is 2. The van der Waals surface area contributed by atoms with Gasteiger partial charge in [0.2, 0.25) is 10.0 Å². The molecule has 9 heteroatoms. The number of nitrogens with one attached hydrogen (secondary N) is 1. The van der Waals surface area contributed by atoms with Crippen LogP contribution in [0.25, 0.3) is 0 Å². The van der Waals surface area contributed by atoms with E-state index in [1.165, 1.54) is 0 Å². The van der Waals surface area contributed by atoms with E-state index in [-0.39, 0.29) is 30.5 Å². The maximum Gasteiger partial charge on any atom is 0.216 e. The third-order valence-corrected chi connectivity index (χ3v) is 7.29. The molecule has 1 saturated heterocycles. The highest BCUT2D eigenvalue weighted by Gasteiger charge is 2.29. The Morgan fingerprint density at radius 3 is 2.25 bits per heavy atom. The first-order chi connectivity index (χ1) is 13.2. The van der Waals surface area contributed by atoms with Gasteiger partial charge in [0.05, 0.1) is 31.6 Å². The number of aliphatic imine (C=N–C) groups is 1. The summed E-state index contributed by atoms with van der Waals surface area (Å²) in [6.07, 6.45) is 1.77. The van der Waals surface area contributed by atoms with Crippen LogP contribution in [0.1, 0.15) is 47.5 Å². The number of rotatable bonds is 11. The number of guanidine groups is 1. The highest BCUT2D eigenvalue weighted by atomic mass is 32.2. The standard InChI is InChI=1S/C19H40N4O4S/c1-6-19(7-2,16-24)15-21-18(20-8-3)22-9-11-23(12-10-22)28(25,26)14-13-27-17(4)5/h17,24H,6-16H2,1-5H3,(H,20,21). The molecule has 1 heterocycles. The summed E-state index contributed by atoms with van der Waals surface area (Å²) in [4.78, 5) is 6.87. The van der Waals surface area contributed by atoms with E-state index in [2.05, 4.69) is 24.1 Å². The van der Waals surface area contributed by atoms with E-state index < -0.39 is 10.0 Å². The van der Waals surface area contributed by atoms with Gasteiger partial charge in [-0.3, -0.25) is 4.99 Å².